The minimum absolute atomic E-state index is 0.132. The average molecular weight is 1740 g/mol. The molecule has 0 aliphatic carbocycles. The van der Waals surface area contributed by atoms with Gasteiger partial charge in [-0.2, -0.15) is 0 Å². The van der Waals surface area contributed by atoms with Crippen molar-refractivity contribution in [2.24, 2.45) is 0 Å². The summed E-state index contributed by atoms with van der Waals surface area (Å²) in [4.78, 5) is 0. The lowest BCUT2D eigenvalue weighted by molar-refractivity contribution is -0.191. The van der Waals surface area contributed by atoms with Crippen molar-refractivity contribution in [2.45, 2.75) is 435 Å². The Morgan fingerprint density at radius 2 is 0.324 bits per heavy atom. The second kappa shape index (κ2) is 56.5. The minimum atomic E-state index is -1.89. The third-order valence-corrected chi connectivity index (χ3v) is 72.4. The largest absolute Gasteiger partial charge is 0.456 e. The van der Waals surface area contributed by atoms with Gasteiger partial charge >= 0.3 is 0 Å². The van der Waals surface area contributed by atoms with E-state index in [0.717, 1.165) is 75.5 Å². The Hall–Kier alpha value is 1.96. The van der Waals surface area contributed by atoms with Crippen LogP contribution in [0.3, 0.4) is 0 Å². The lowest BCUT2D eigenvalue weighted by atomic mass is 10.0. The van der Waals surface area contributed by atoms with Gasteiger partial charge in [0, 0.05) is 52.9 Å². The van der Waals surface area contributed by atoms with Crippen molar-refractivity contribution in [3.8, 4) is 0 Å². The number of aliphatic hydroxyl groups excluding tert-OH is 4. The molecular weight excluding hydrogens is 1550 g/mol. The van der Waals surface area contributed by atoms with Crippen LogP contribution < -0.4 is 0 Å². The van der Waals surface area contributed by atoms with Crippen LogP contribution in [0, 0.1) is 0 Å². The van der Waals surface area contributed by atoms with Crippen molar-refractivity contribution < 1.29 is 74.8 Å². The standard InChI is InChI=1S/C42H94O6Si4.C38H94O10Si8/c1-13-49(14-2,15-3)33-25-29-45-39(37-43)41(47-31-27-35-51(19-7,20-8)21-9)42(48-32-28-36-52(22-10,23-11)24-12)40(38-44)46-30-26-34-50(16-4,17-5)18-6;1-49(2,3)45-53(13,14)29-21-25-41-35(33-39)37(43-27-23-31-55(17,18)47-51(7,8)9)38(44-28-24-32-56(19,20)48-52(10,11)12)36(34-40)42-26-22-30-54(15,16)46-50(4,5)6/h39-44H,13-38H2,1-12H3;35-40H,21-34H2,1-20H3/t39-,40+,41+,42-;35-,36+,37+,38-. The molecule has 0 unspecified atom stereocenters. The fraction of sp³-hybridized carbons (Fsp3) is 1.00. The van der Waals surface area contributed by atoms with Crippen LogP contribution in [0.15, 0.2) is 0 Å². The average Bonchev–Trinajstić information content (AvgIpc) is 0.842. The fourth-order valence-corrected chi connectivity index (χ4v) is 62.9. The number of hydrogen-bond acceptors (Lipinski definition) is 16. The molecule has 28 heteroatoms. The summed E-state index contributed by atoms with van der Waals surface area (Å²) in [5, 5.41) is 43.7. The summed E-state index contributed by atoms with van der Waals surface area (Å²) in [6, 6.07) is 24.7. The molecule has 0 fully saturated rings. The molecule has 8 atom stereocenters. The second-order valence-corrected chi connectivity index (χ2v) is 97.4. The number of rotatable bonds is 70. The highest BCUT2D eigenvalue weighted by Crippen LogP contribution is 2.34. The van der Waals surface area contributed by atoms with Gasteiger partial charge in [-0.3, -0.25) is 0 Å². The lowest BCUT2D eigenvalue weighted by Crippen LogP contribution is -2.52. The van der Waals surface area contributed by atoms with E-state index in [1.807, 2.05) is 0 Å². The number of hydrogen-bond donors (Lipinski definition) is 4. The Morgan fingerprint density at radius 3 is 0.444 bits per heavy atom. The molecule has 0 amide bonds. The molecule has 108 heavy (non-hydrogen) atoms. The van der Waals surface area contributed by atoms with E-state index >= 15 is 0 Å². The van der Waals surface area contributed by atoms with E-state index in [4.69, 9.17) is 54.4 Å². The molecule has 0 saturated heterocycles. The summed E-state index contributed by atoms with van der Waals surface area (Å²) < 4.78 is 79.8. The van der Waals surface area contributed by atoms with Crippen LogP contribution in [-0.4, -0.2) is 247 Å². The van der Waals surface area contributed by atoms with Gasteiger partial charge in [-0.15, -0.1) is 0 Å². The smallest absolute Gasteiger partial charge is 0.173 e. The number of ether oxygens (including phenoxy) is 8. The predicted octanol–water partition coefficient (Wildman–Crippen LogP) is 22.4. The third-order valence-electron chi connectivity index (χ3n) is 23.8. The van der Waals surface area contributed by atoms with E-state index in [0.29, 0.717) is 52.9 Å². The van der Waals surface area contributed by atoms with Gasteiger partial charge in [-0.25, -0.2) is 0 Å². The summed E-state index contributed by atoms with van der Waals surface area (Å²) in [6.45, 7) is 77.3. The van der Waals surface area contributed by atoms with Gasteiger partial charge in [0.1, 0.15) is 48.8 Å². The van der Waals surface area contributed by atoms with Gasteiger partial charge in [-0.05, 0) is 206 Å². The molecule has 0 radical (unpaired) electrons. The monoisotopic (exact) mass is 1740 g/mol. The van der Waals surface area contributed by atoms with E-state index in [1.165, 1.54) is 96.7 Å². The Bertz CT molecular complexity index is 1990. The predicted molar refractivity (Wildman–Crippen MR) is 498 cm³/mol. The molecule has 0 aromatic heterocycles. The van der Waals surface area contributed by atoms with E-state index in [1.54, 1.807) is 0 Å². The van der Waals surface area contributed by atoms with Crippen molar-refractivity contribution in [1.82, 2.24) is 0 Å². The lowest BCUT2D eigenvalue weighted by Gasteiger charge is -2.37. The maximum absolute atomic E-state index is 10.9. The normalized spacial score (nSPS) is 16.1. The van der Waals surface area contributed by atoms with Crippen molar-refractivity contribution in [3.05, 3.63) is 0 Å². The van der Waals surface area contributed by atoms with Crippen molar-refractivity contribution in [3.63, 3.8) is 0 Å². The second-order valence-electron chi connectivity index (χ2n) is 38.7. The summed E-state index contributed by atoms with van der Waals surface area (Å²) in [6.07, 6.45) is 2.74. The van der Waals surface area contributed by atoms with Crippen LogP contribution in [0.25, 0.3) is 0 Å². The van der Waals surface area contributed by atoms with E-state index in [9.17, 15) is 20.4 Å². The first-order chi connectivity index (χ1) is 50.1. The van der Waals surface area contributed by atoms with Crippen LogP contribution in [0.1, 0.15) is 134 Å². The maximum atomic E-state index is 10.9. The molecule has 0 rings (SSSR count). The molecule has 652 valence electrons. The van der Waals surface area contributed by atoms with Gasteiger partial charge in [0.05, 0.1) is 58.7 Å². The highest BCUT2D eigenvalue weighted by molar-refractivity contribution is 6.86. The van der Waals surface area contributed by atoms with E-state index in [2.05, 4.69) is 214 Å². The molecule has 0 aromatic rings. The molecule has 16 nitrogen and oxygen atoms in total. The molecular formula is C80H188O16Si12. The Kier molecular flexibility index (Phi) is 58.6. The van der Waals surface area contributed by atoms with Gasteiger partial charge in [-0.1, -0.05) is 180 Å². The van der Waals surface area contributed by atoms with Gasteiger partial charge in [0.25, 0.3) is 0 Å². The first kappa shape index (κ1) is 112. The molecule has 0 spiro atoms. The van der Waals surface area contributed by atoms with E-state index in [-0.39, 0.29) is 26.4 Å². The fourth-order valence-electron chi connectivity index (χ4n) is 16.9. The van der Waals surface area contributed by atoms with Crippen molar-refractivity contribution in [2.75, 3.05) is 79.3 Å². The molecule has 4 N–H and O–H groups in total. The number of aliphatic hydroxyl groups is 4. The zero-order chi connectivity index (χ0) is 83.4. The highest BCUT2D eigenvalue weighted by Gasteiger charge is 2.43. The summed E-state index contributed by atoms with van der Waals surface area (Å²) in [5.41, 5.74) is 0. The summed E-state index contributed by atoms with van der Waals surface area (Å²) in [7, 11) is -19.2. The summed E-state index contributed by atoms with van der Waals surface area (Å²) >= 11 is 0. The maximum Gasteiger partial charge on any atom is 0.173 e. The van der Waals surface area contributed by atoms with Crippen molar-refractivity contribution in [1.29, 1.82) is 0 Å². The van der Waals surface area contributed by atoms with Gasteiger partial charge < -0.3 is 74.8 Å². The van der Waals surface area contributed by atoms with Crippen LogP contribution >= 0.6 is 0 Å². The zero-order valence-electron chi connectivity index (χ0n) is 77.6. The Morgan fingerprint density at radius 1 is 0.194 bits per heavy atom. The van der Waals surface area contributed by atoms with Crippen LogP contribution in [0.5, 0.6) is 0 Å². The molecule has 0 heterocycles. The molecule has 0 aliphatic rings. The molecule has 0 aromatic carbocycles. The quantitative estimate of drug-likeness (QED) is 0.0332. The van der Waals surface area contributed by atoms with E-state index < -0.39 is 148 Å². The first-order valence-corrected chi connectivity index (χ1v) is 81.7. The Balaban J connectivity index is 0. The van der Waals surface area contributed by atoms with Crippen LogP contribution in [0.2, 0.25) is 252 Å². The zero-order valence-corrected chi connectivity index (χ0v) is 89.6. The molecule has 0 aliphatic heterocycles. The Labute approximate surface area is 683 Å². The SMILES string of the molecule is CC[Si](CC)(CC)CCCO[C@H]([C@H](OCCC[Si](CC)(CC)CC)[C@H](CO)OCCC[Si](CC)(CC)CC)[C@@H](CO)OCCC[Si](CC)(CC)CC.C[Si](C)(C)O[Si](C)(C)CCCO[C@H]([C@H](OCCC[Si](C)(C)O[Si](C)(C)C)[C@H](CO)OCCC[Si](C)(C)O[Si](C)(C)C)[C@@H](CO)OCCC[Si](C)(C)O[Si](C)(C)C. The van der Waals surface area contributed by atoms with Crippen molar-refractivity contribution >= 4 is 98.8 Å². The van der Waals surface area contributed by atoms with Gasteiger partial charge in [0.2, 0.25) is 0 Å². The van der Waals surface area contributed by atoms with Gasteiger partial charge in [0.15, 0.2) is 66.5 Å². The molecule has 0 bridgehead atoms. The topological polar surface area (TPSA) is 192 Å². The highest BCUT2D eigenvalue weighted by atomic mass is 28.4. The first-order valence-electron chi connectivity index (χ1n) is 44.3. The summed E-state index contributed by atoms with van der Waals surface area (Å²) in [5.74, 6) is 0. The van der Waals surface area contributed by atoms with Crippen LogP contribution in [0.4, 0.5) is 0 Å². The minimum Gasteiger partial charge on any atom is -0.456 e. The third kappa shape index (κ3) is 49.5. The van der Waals surface area contributed by atoms with Crippen LogP contribution in [-0.2, 0) is 54.4 Å². The molecule has 0 saturated carbocycles.